The van der Waals surface area contributed by atoms with Gasteiger partial charge in [0.2, 0.25) is 0 Å². The zero-order valence-corrected chi connectivity index (χ0v) is 11.1. The van der Waals surface area contributed by atoms with Crippen molar-refractivity contribution in [3.8, 4) is 0 Å². The van der Waals surface area contributed by atoms with Gasteiger partial charge in [0.05, 0.1) is 6.10 Å². The van der Waals surface area contributed by atoms with Crippen LogP contribution < -0.4 is 0 Å². The van der Waals surface area contributed by atoms with E-state index in [0.717, 1.165) is 18.0 Å². The average molecular weight is 233 g/mol. The smallest absolute Gasteiger partial charge is 0.0917 e. The van der Waals surface area contributed by atoms with Crippen LogP contribution in [0.5, 0.6) is 0 Å². The molecular formula is C15H23NO. The van der Waals surface area contributed by atoms with Crippen LogP contribution in [-0.4, -0.2) is 29.6 Å². The Morgan fingerprint density at radius 3 is 2.71 bits per heavy atom. The molecule has 1 saturated carbocycles. The highest BCUT2D eigenvalue weighted by molar-refractivity contribution is 5.24. The Labute approximate surface area is 104 Å². The van der Waals surface area contributed by atoms with Crippen LogP contribution in [-0.2, 0) is 0 Å². The van der Waals surface area contributed by atoms with Crippen LogP contribution in [0.2, 0.25) is 0 Å². The van der Waals surface area contributed by atoms with Crippen molar-refractivity contribution in [3.05, 3.63) is 35.4 Å². The first-order chi connectivity index (χ1) is 8.08. The minimum atomic E-state index is -0.374. The van der Waals surface area contributed by atoms with E-state index < -0.39 is 0 Å². The van der Waals surface area contributed by atoms with Crippen molar-refractivity contribution in [3.63, 3.8) is 0 Å². The van der Waals surface area contributed by atoms with Crippen LogP contribution in [0.1, 0.15) is 37.0 Å². The molecule has 2 nitrogen and oxygen atoms in total. The van der Waals surface area contributed by atoms with Crippen molar-refractivity contribution in [2.24, 2.45) is 5.92 Å². The molecular weight excluding hydrogens is 210 g/mol. The minimum Gasteiger partial charge on any atom is -0.387 e. The van der Waals surface area contributed by atoms with Crippen molar-refractivity contribution < 1.29 is 5.11 Å². The average Bonchev–Trinajstić information content (AvgIpc) is 3.11. The van der Waals surface area contributed by atoms with Gasteiger partial charge in [0, 0.05) is 12.6 Å². The van der Waals surface area contributed by atoms with Crippen molar-refractivity contribution in [2.45, 2.75) is 38.8 Å². The third-order valence-corrected chi connectivity index (χ3v) is 3.89. The Kier molecular flexibility index (Phi) is 3.85. The van der Waals surface area contributed by atoms with Gasteiger partial charge in [0.15, 0.2) is 0 Å². The summed E-state index contributed by atoms with van der Waals surface area (Å²) in [5, 5.41) is 10.2. The van der Waals surface area contributed by atoms with Gasteiger partial charge in [0.25, 0.3) is 0 Å². The van der Waals surface area contributed by atoms with E-state index in [1.165, 1.54) is 18.4 Å². The zero-order chi connectivity index (χ0) is 12.4. The van der Waals surface area contributed by atoms with Crippen LogP contribution in [0.4, 0.5) is 0 Å². The summed E-state index contributed by atoms with van der Waals surface area (Å²) < 4.78 is 0. The monoisotopic (exact) mass is 233 g/mol. The largest absolute Gasteiger partial charge is 0.387 e. The van der Waals surface area contributed by atoms with E-state index in [4.69, 9.17) is 0 Å². The summed E-state index contributed by atoms with van der Waals surface area (Å²) in [7, 11) is 2.11. The molecule has 1 N–H and O–H groups in total. The van der Waals surface area contributed by atoms with E-state index in [1.54, 1.807) is 0 Å². The lowest BCUT2D eigenvalue weighted by Crippen LogP contribution is -2.34. The Bertz CT molecular complexity index is 373. The fourth-order valence-corrected chi connectivity index (χ4v) is 2.36. The first-order valence-corrected chi connectivity index (χ1v) is 6.53. The molecule has 0 saturated heterocycles. The molecule has 0 amide bonds. The van der Waals surface area contributed by atoms with Gasteiger partial charge in [-0.2, -0.15) is 0 Å². The number of nitrogens with zero attached hydrogens (tertiary/aromatic N) is 1. The molecule has 1 aromatic rings. The molecule has 2 rings (SSSR count). The normalized spacial score (nSPS) is 19.4. The lowest BCUT2D eigenvalue weighted by atomic mass is 10.1. The fraction of sp³-hybridized carbons (Fsp3) is 0.600. The van der Waals surface area contributed by atoms with Gasteiger partial charge >= 0.3 is 0 Å². The highest BCUT2D eigenvalue weighted by Crippen LogP contribution is 2.35. The Hall–Kier alpha value is -0.860. The number of aryl methyl sites for hydroxylation is 1. The fourth-order valence-electron chi connectivity index (χ4n) is 2.36. The SMILES string of the molecule is Cc1cccc(C(O)CN(C)C(C)C2CC2)c1. The number of aliphatic hydroxyl groups is 1. The molecule has 2 unspecified atom stereocenters. The first-order valence-electron chi connectivity index (χ1n) is 6.53. The second kappa shape index (κ2) is 5.19. The van der Waals surface area contributed by atoms with E-state index in [-0.39, 0.29) is 6.10 Å². The number of benzene rings is 1. The van der Waals surface area contributed by atoms with Crippen LogP contribution >= 0.6 is 0 Å². The number of rotatable bonds is 5. The summed E-state index contributed by atoms with van der Waals surface area (Å²) in [5.74, 6) is 0.852. The lowest BCUT2D eigenvalue weighted by Gasteiger charge is -2.27. The molecule has 0 aliphatic heterocycles. The number of hydrogen-bond donors (Lipinski definition) is 1. The summed E-state index contributed by atoms with van der Waals surface area (Å²) in [4.78, 5) is 2.28. The van der Waals surface area contributed by atoms with E-state index >= 15 is 0 Å². The van der Waals surface area contributed by atoms with E-state index in [1.807, 2.05) is 12.1 Å². The Balaban J connectivity index is 1.93. The maximum absolute atomic E-state index is 10.2. The van der Waals surface area contributed by atoms with Crippen molar-refractivity contribution in [1.82, 2.24) is 4.90 Å². The van der Waals surface area contributed by atoms with Gasteiger partial charge in [-0.15, -0.1) is 0 Å². The molecule has 2 heteroatoms. The van der Waals surface area contributed by atoms with Crippen LogP contribution in [0.3, 0.4) is 0 Å². The van der Waals surface area contributed by atoms with Gasteiger partial charge in [-0.3, -0.25) is 0 Å². The zero-order valence-electron chi connectivity index (χ0n) is 11.1. The van der Waals surface area contributed by atoms with E-state index in [2.05, 4.69) is 37.9 Å². The first kappa shape index (κ1) is 12.6. The summed E-state index contributed by atoms with van der Waals surface area (Å²) in [6, 6.07) is 8.74. The molecule has 0 spiro atoms. The lowest BCUT2D eigenvalue weighted by molar-refractivity contribution is 0.102. The summed E-state index contributed by atoms with van der Waals surface area (Å²) >= 11 is 0. The maximum Gasteiger partial charge on any atom is 0.0917 e. The predicted octanol–water partition coefficient (Wildman–Crippen LogP) is 2.76. The highest BCUT2D eigenvalue weighted by Gasteiger charge is 2.31. The van der Waals surface area contributed by atoms with Crippen LogP contribution in [0, 0.1) is 12.8 Å². The van der Waals surface area contributed by atoms with Gasteiger partial charge in [-0.05, 0) is 45.2 Å². The summed E-state index contributed by atoms with van der Waals surface area (Å²) in [6.07, 6.45) is 2.33. The second-order valence-corrected chi connectivity index (χ2v) is 5.45. The molecule has 94 valence electrons. The number of hydrogen-bond acceptors (Lipinski definition) is 2. The summed E-state index contributed by atoms with van der Waals surface area (Å²) in [5.41, 5.74) is 2.24. The number of aliphatic hydroxyl groups excluding tert-OH is 1. The van der Waals surface area contributed by atoms with Gasteiger partial charge in [-0.25, -0.2) is 0 Å². The Morgan fingerprint density at radius 1 is 1.41 bits per heavy atom. The second-order valence-electron chi connectivity index (χ2n) is 5.45. The van der Waals surface area contributed by atoms with Crippen molar-refractivity contribution in [2.75, 3.05) is 13.6 Å². The molecule has 17 heavy (non-hydrogen) atoms. The standard InChI is InChI=1S/C15H23NO/c1-11-5-4-6-14(9-11)15(17)10-16(3)12(2)13-7-8-13/h4-6,9,12-13,15,17H,7-8,10H2,1-3H3. The quantitative estimate of drug-likeness (QED) is 0.845. The van der Waals surface area contributed by atoms with Crippen LogP contribution in [0.25, 0.3) is 0 Å². The van der Waals surface area contributed by atoms with Gasteiger partial charge in [-0.1, -0.05) is 29.8 Å². The topological polar surface area (TPSA) is 23.5 Å². The molecule has 1 aliphatic carbocycles. The third-order valence-electron chi connectivity index (χ3n) is 3.89. The predicted molar refractivity (Wildman–Crippen MR) is 71.0 cm³/mol. The maximum atomic E-state index is 10.2. The van der Waals surface area contributed by atoms with Gasteiger partial charge < -0.3 is 10.0 Å². The molecule has 1 aromatic carbocycles. The minimum absolute atomic E-state index is 0.374. The molecule has 1 fully saturated rings. The van der Waals surface area contributed by atoms with E-state index in [0.29, 0.717) is 6.04 Å². The molecule has 0 radical (unpaired) electrons. The van der Waals surface area contributed by atoms with Gasteiger partial charge in [0.1, 0.15) is 0 Å². The van der Waals surface area contributed by atoms with Crippen LogP contribution in [0.15, 0.2) is 24.3 Å². The summed E-state index contributed by atoms with van der Waals surface area (Å²) in [6.45, 7) is 5.05. The Morgan fingerprint density at radius 2 is 2.12 bits per heavy atom. The highest BCUT2D eigenvalue weighted by atomic mass is 16.3. The van der Waals surface area contributed by atoms with E-state index in [9.17, 15) is 5.11 Å². The molecule has 1 aliphatic rings. The molecule has 0 heterocycles. The van der Waals surface area contributed by atoms with Crippen molar-refractivity contribution >= 4 is 0 Å². The van der Waals surface area contributed by atoms with Crippen molar-refractivity contribution in [1.29, 1.82) is 0 Å². The molecule has 0 bridgehead atoms. The third kappa shape index (κ3) is 3.30. The molecule has 0 aromatic heterocycles. The number of likely N-dealkylation sites (N-methyl/N-ethyl adjacent to an activating group) is 1. The molecule has 2 atom stereocenters.